The molecule has 3 heterocycles. The van der Waals surface area contributed by atoms with Gasteiger partial charge in [0, 0.05) is 30.7 Å². The van der Waals surface area contributed by atoms with Gasteiger partial charge >= 0.3 is 0 Å². The highest BCUT2D eigenvalue weighted by atomic mass is 16.3. The molecule has 1 aromatic heterocycles. The van der Waals surface area contributed by atoms with Gasteiger partial charge in [-0.15, -0.1) is 5.10 Å². The third kappa shape index (κ3) is 3.72. The van der Waals surface area contributed by atoms with E-state index in [-0.39, 0.29) is 36.8 Å². The highest BCUT2D eigenvalue weighted by Crippen LogP contribution is 2.31. The van der Waals surface area contributed by atoms with Gasteiger partial charge in [-0.1, -0.05) is 25.1 Å². The Kier molecular flexibility index (Phi) is 5.15. The van der Waals surface area contributed by atoms with Gasteiger partial charge in [-0.2, -0.15) is 0 Å². The molecule has 2 aromatic rings. The molecule has 4 rings (SSSR count). The summed E-state index contributed by atoms with van der Waals surface area (Å²) in [5.74, 6) is -0.949. The Bertz CT molecular complexity index is 1010. The van der Waals surface area contributed by atoms with Gasteiger partial charge in [-0.05, 0) is 36.8 Å². The van der Waals surface area contributed by atoms with E-state index < -0.39 is 11.9 Å². The molecule has 1 atom stereocenters. The number of nitrogens with one attached hydrogen (secondary N) is 1. The molecule has 0 saturated carbocycles. The molecule has 0 aliphatic carbocycles. The number of imide groups is 1. The van der Waals surface area contributed by atoms with Crippen LogP contribution >= 0.6 is 0 Å². The Morgan fingerprint density at radius 3 is 2.80 bits per heavy atom. The molecule has 0 bridgehead atoms. The molecular weight excluding hydrogens is 386 g/mol. The summed E-state index contributed by atoms with van der Waals surface area (Å²) in [6.07, 6.45) is 3.84. The van der Waals surface area contributed by atoms with Crippen molar-refractivity contribution in [1.29, 1.82) is 0 Å². The maximum absolute atomic E-state index is 12.9. The predicted molar refractivity (Wildman–Crippen MR) is 107 cm³/mol. The molecule has 30 heavy (non-hydrogen) atoms. The number of hydrogen-bond donors (Lipinski definition) is 2. The minimum absolute atomic E-state index is 0.103. The minimum atomic E-state index is -0.650. The Morgan fingerprint density at radius 2 is 2.07 bits per heavy atom. The van der Waals surface area contributed by atoms with Gasteiger partial charge in [-0.3, -0.25) is 19.7 Å². The molecule has 3 amide bonds. The smallest absolute Gasteiger partial charge is 0.255 e. The fourth-order valence-corrected chi connectivity index (χ4v) is 3.86. The number of benzene rings is 1. The fraction of sp³-hybridized carbons (Fsp3) is 0.476. The second kappa shape index (κ2) is 7.64. The van der Waals surface area contributed by atoms with Gasteiger partial charge < -0.3 is 10.0 Å². The zero-order chi connectivity index (χ0) is 21.5. The van der Waals surface area contributed by atoms with Gasteiger partial charge in [0.2, 0.25) is 11.8 Å². The standard InChI is InChI=1S/C21H25N5O4/c1-21(2,12-27)9-8-13-10-26(24-23-13)16-5-3-4-14-15(16)11-25(20(14)30)17-6-7-18(28)22-19(17)29/h3-5,10,17,27H,6-9,11-12H2,1-2H3,(H,22,28,29). The molecule has 2 aliphatic heterocycles. The number of aliphatic hydroxyl groups is 1. The monoisotopic (exact) mass is 411 g/mol. The summed E-state index contributed by atoms with van der Waals surface area (Å²) in [5.41, 5.74) is 2.69. The summed E-state index contributed by atoms with van der Waals surface area (Å²) < 4.78 is 1.65. The molecule has 1 unspecified atom stereocenters. The highest BCUT2D eigenvalue weighted by molar-refractivity contribution is 6.05. The average molecular weight is 411 g/mol. The largest absolute Gasteiger partial charge is 0.396 e. The predicted octanol–water partition coefficient (Wildman–Crippen LogP) is 0.979. The first-order chi connectivity index (χ1) is 14.3. The number of aromatic nitrogens is 3. The average Bonchev–Trinajstić information content (AvgIpc) is 3.32. The number of aliphatic hydroxyl groups excluding tert-OH is 1. The Morgan fingerprint density at radius 1 is 1.27 bits per heavy atom. The topological polar surface area (TPSA) is 117 Å². The summed E-state index contributed by atoms with van der Waals surface area (Å²) in [4.78, 5) is 38.2. The van der Waals surface area contributed by atoms with Gasteiger partial charge in [0.05, 0.1) is 17.6 Å². The molecule has 1 fully saturated rings. The van der Waals surface area contributed by atoms with Crippen LogP contribution in [0.4, 0.5) is 0 Å². The zero-order valence-corrected chi connectivity index (χ0v) is 17.1. The van der Waals surface area contributed by atoms with Gasteiger partial charge in [0.15, 0.2) is 0 Å². The first-order valence-corrected chi connectivity index (χ1v) is 10.1. The second-order valence-electron chi connectivity index (χ2n) is 8.68. The number of piperidine rings is 1. The fourth-order valence-electron chi connectivity index (χ4n) is 3.86. The molecule has 9 heteroatoms. The van der Waals surface area contributed by atoms with Crippen molar-refractivity contribution < 1.29 is 19.5 Å². The van der Waals surface area contributed by atoms with Gasteiger partial charge in [0.25, 0.3) is 5.91 Å². The normalized spacial score (nSPS) is 19.2. The van der Waals surface area contributed by atoms with Crippen molar-refractivity contribution in [2.45, 2.75) is 52.1 Å². The van der Waals surface area contributed by atoms with Crippen molar-refractivity contribution in [3.8, 4) is 5.69 Å². The lowest BCUT2D eigenvalue weighted by molar-refractivity contribution is -0.136. The summed E-state index contributed by atoms with van der Waals surface area (Å²) in [6.45, 7) is 4.38. The van der Waals surface area contributed by atoms with E-state index in [1.54, 1.807) is 16.8 Å². The van der Waals surface area contributed by atoms with Crippen LogP contribution in [0, 0.1) is 5.41 Å². The van der Waals surface area contributed by atoms with Crippen LogP contribution < -0.4 is 5.32 Å². The van der Waals surface area contributed by atoms with E-state index in [2.05, 4.69) is 15.6 Å². The molecule has 2 N–H and O–H groups in total. The van der Waals surface area contributed by atoms with Crippen LogP contribution in [0.1, 0.15) is 54.7 Å². The molecular formula is C21H25N5O4. The van der Waals surface area contributed by atoms with Gasteiger partial charge in [0.1, 0.15) is 6.04 Å². The number of carbonyl (C=O) groups excluding carboxylic acids is 3. The van der Waals surface area contributed by atoms with Crippen molar-refractivity contribution in [3.63, 3.8) is 0 Å². The number of carbonyl (C=O) groups is 3. The Balaban J connectivity index is 1.56. The van der Waals surface area contributed by atoms with Crippen LogP contribution in [-0.4, -0.2) is 55.4 Å². The Hall–Kier alpha value is -3.07. The van der Waals surface area contributed by atoms with E-state index in [1.807, 2.05) is 26.1 Å². The van der Waals surface area contributed by atoms with Crippen LogP contribution in [0.3, 0.4) is 0 Å². The number of nitrogens with zero attached hydrogens (tertiary/aromatic N) is 4. The van der Waals surface area contributed by atoms with Crippen LogP contribution in [0.15, 0.2) is 24.4 Å². The number of aryl methyl sites for hydroxylation is 1. The van der Waals surface area contributed by atoms with E-state index in [4.69, 9.17) is 0 Å². The first kappa shape index (κ1) is 20.2. The van der Waals surface area contributed by atoms with Crippen LogP contribution in [0.5, 0.6) is 0 Å². The van der Waals surface area contributed by atoms with Crippen molar-refractivity contribution in [1.82, 2.24) is 25.2 Å². The number of rotatable bonds is 6. The Labute approximate surface area is 174 Å². The SMILES string of the molecule is CC(C)(CO)CCc1cn(-c2cccc3c2CN(C2CCC(=O)NC2=O)C3=O)nn1. The van der Waals surface area contributed by atoms with Gasteiger partial charge in [-0.25, -0.2) is 4.68 Å². The van der Waals surface area contributed by atoms with E-state index in [1.165, 1.54) is 4.90 Å². The molecule has 9 nitrogen and oxygen atoms in total. The maximum Gasteiger partial charge on any atom is 0.255 e. The molecule has 158 valence electrons. The van der Waals surface area contributed by atoms with E-state index in [0.29, 0.717) is 18.4 Å². The lowest BCUT2D eigenvalue weighted by Gasteiger charge is -2.29. The lowest BCUT2D eigenvalue weighted by Crippen LogP contribution is -2.52. The molecule has 0 radical (unpaired) electrons. The van der Waals surface area contributed by atoms with Crippen LogP contribution in [0.2, 0.25) is 0 Å². The van der Waals surface area contributed by atoms with Crippen LogP contribution in [-0.2, 0) is 22.6 Å². The number of hydrogen-bond acceptors (Lipinski definition) is 6. The van der Waals surface area contributed by atoms with E-state index in [0.717, 1.165) is 23.4 Å². The molecule has 0 spiro atoms. The van der Waals surface area contributed by atoms with Crippen LogP contribution in [0.25, 0.3) is 5.69 Å². The van der Waals surface area contributed by atoms with Crippen molar-refractivity contribution in [2.75, 3.05) is 6.61 Å². The summed E-state index contributed by atoms with van der Waals surface area (Å²) in [5, 5.41) is 20.2. The summed E-state index contributed by atoms with van der Waals surface area (Å²) >= 11 is 0. The number of amides is 3. The maximum atomic E-state index is 12.9. The molecule has 1 aromatic carbocycles. The quantitative estimate of drug-likeness (QED) is 0.685. The first-order valence-electron chi connectivity index (χ1n) is 10.1. The van der Waals surface area contributed by atoms with Crippen molar-refractivity contribution in [2.24, 2.45) is 5.41 Å². The lowest BCUT2D eigenvalue weighted by atomic mass is 9.88. The van der Waals surface area contributed by atoms with Crippen molar-refractivity contribution >= 4 is 17.7 Å². The third-order valence-electron chi connectivity index (χ3n) is 5.83. The van der Waals surface area contributed by atoms with E-state index in [9.17, 15) is 19.5 Å². The highest BCUT2D eigenvalue weighted by Gasteiger charge is 2.40. The zero-order valence-electron chi connectivity index (χ0n) is 17.1. The number of fused-ring (bicyclic) bond motifs is 1. The second-order valence-corrected chi connectivity index (χ2v) is 8.68. The minimum Gasteiger partial charge on any atom is -0.396 e. The third-order valence-corrected chi connectivity index (χ3v) is 5.83. The summed E-state index contributed by atoms with van der Waals surface area (Å²) in [7, 11) is 0. The van der Waals surface area contributed by atoms with Crippen molar-refractivity contribution in [3.05, 3.63) is 41.2 Å². The molecule has 2 aliphatic rings. The van der Waals surface area contributed by atoms with E-state index >= 15 is 0 Å². The summed E-state index contributed by atoms with van der Waals surface area (Å²) in [6, 6.07) is 4.75. The molecule has 1 saturated heterocycles.